The number of phenolic OH excluding ortho intramolecular Hbond substituents is 1. The lowest BCUT2D eigenvalue weighted by atomic mass is 10.1. The first kappa shape index (κ1) is 23.3. The lowest BCUT2D eigenvalue weighted by Gasteiger charge is -2.36. The van der Waals surface area contributed by atoms with Crippen molar-refractivity contribution < 1.29 is 9.90 Å². The molecule has 0 saturated carbocycles. The molecule has 6 heteroatoms. The van der Waals surface area contributed by atoms with Gasteiger partial charge >= 0.3 is 0 Å². The van der Waals surface area contributed by atoms with Gasteiger partial charge < -0.3 is 14.9 Å². The van der Waals surface area contributed by atoms with E-state index in [4.69, 9.17) is 9.98 Å². The first-order valence-corrected chi connectivity index (χ1v) is 11.1. The summed E-state index contributed by atoms with van der Waals surface area (Å²) >= 11 is 0. The topological polar surface area (TPSA) is 68.5 Å². The first-order valence-electron chi connectivity index (χ1n) is 11.1. The van der Waals surface area contributed by atoms with Gasteiger partial charge in [-0.3, -0.25) is 4.79 Å². The van der Waals surface area contributed by atoms with Gasteiger partial charge in [-0.1, -0.05) is 42.9 Å². The lowest BCUT2D eigenvalue weighted by Crippen LogP contribution is -2.50. The maximum Gasteiger partial charge on any atom is 0.226 e. The van der Waals surface area contributed by atoms with E-state index in [0.717, 1.165) is 29.9 Å². The number of para-hydroxylation sites is 1. The maximum atomic E-state index is 12.2. The number of nitrogens with zero attached hydrogens (tertiary/aromatic N) is 4. The summed E-state index contributed by atoms with van der Waals surface area (Å²) < 4.78 is 0. The van der Waals surface area contributed by atoms with Crippen molar-refractivity contribution in [3.05, 3.63) is 78.1 Å². The highest BCUT2D eigenvalue weighted by atomic mass is 16.3. The third-order valence-electron chi connectivity index (χ3n) is 5.49. The van der Waals surface area contributed by atoms with Crippen LogP contribution in [-0.4, -0.2) is 58.7 Å². The third kappa shape index (κ3) is 6.06. The number of hydrogen-bond acceptors (Lipinski definition) is 3. The molecule has 1 saturated heterocycles. The monoisotopic (exact) mass is 432 g/mol. The van der Waals surface area contributed by atoms with Crippen LogP contribution in [0.1, 0.15) is 38.7 Å². The zero-order valence-electron chi connectivity index (χ0n) is 19.0. The molecule has 1 aliphatic carbocycles. The molecule has 0 atom stereocenters. The van der Waals surface area contributed by atoms with Gasteiger partial charge in [-0.2, -0.15) is 0 Å². The van der Waals surface area contributed by atoms with Gasteiger partial charge in [0.15, 0.2) is 5.84 Å². The molecule has 1 aromatic carbocycles. The van der Waals surface area contributed by atoms with E-state index < -0.39 is 0 Å². The van der Waals surface area contributed by atoms with Gasteiger partial charge in [-0.05, 0) is 37.6 Å². The number of allylic oxidation sites excluding steroid dienone is 5. The normalized spacial score (nSPS) is 17.6. The minimum absolute atomic E-state index is 0.113. The molecule has 6 nitrogen and oxygen atoms in total. The fourth-order valence-corrected chi connectivity index (χ4v) is 3.75. The molecule has 1 aliphatic heterocycles. The van der Waals surface area contributed by atoms with Gasteiger partial charge in [0, 0.05) is 39.0 Å². The second kappa shape index (κ2) is 11.3. The first-order chi connectivity index (χ1) is 15.5. The van der Waals surface area contributed by atoms with Gasteiger partial charge in [0.05, 0.1) is 11.3 Å². The van der Waals surface area contributed by atoms with Crippen LogP contribution in [-0.2, 0) is 4.79 Å². The largest absolute Gasteiger partial charge is 0.507 e. The second-order valence-corrected chi connectivity index (χ2v) is 7.85. The van der Waals surface area contributed by atoms with Crippen LogP contribution in [0.3, 0.4) is 0 Å². The smallest absolute Gasteiger partial charge is 0.226 e. The van der Waals surface area contributed by atoms with Crippen molar-refractivity contribution in [2.24, 2.45) is 9.98 Å². The summed E-state index contributed by atoms with van der Waals surface area (Å²) in [5, 5.41) is 10.5. The number of carbonyl (C=O) groups is 1. The van der Waals surface area contributed by atoms with E-state index in [1.807, 2.05) is 29.2 Å². The molecule has 2 aliphatic rings. The van der Waals surface area contributed by atoms with Crippen molar-refractivity contribution in [3.63, 3.8) is 0 Å². The summed E-state index contributed by atoms with van der Waals surface area (Å²) in [7, 11) is 0. The molecular weight excluding hydrogens is 400 g/mol. The number of hydrogen-bond donors (Lipinski definition) is 1. The Balaban J connectivity index is 1.91. The van der Waals surface area contributed by atoms with Gasteiger partial charge in [-0.25, -0.2) is 9.98 Å². The molecule has 1 heterocycles. The molecule has 0 bridgehead atoms. The van der Waals surface area contributed by atoms with E-state index in [1.165, 1.54) is 0 Å². The van der Waals surface area contributed by atoms with E-state index in [9.17, 15) is 9.90 Å². The lowest BCUT2D eigenvalue weighted by molar-refractivity contribution is -0.131. The highest BCUT2D eigenvalue weighted by Gasteiger charge is 2.22. The average molecular weight is 433 g/mol. The van der Waals surface area contributed by atoms with Crippen LogP contribution < -0.4 is 0 Å². The minimum Gasteiger partial charge on any atom is -0.507 e. The molecule has 0 spiro atoms. The summed E-state index contributed by atoms with van der Waals surface area (Å²) in [6, 6.07) is 7.15. The Bertz CT molecular complexity index is 993. The minimum atomic E-state index is 0.113. The maximum absolute atomic E-state index is 12.2. The van der Waals surface area contributed by atoms with Gasteiger partial charge in [0.1, 0.15) is 11.6 Å². The Kier molecular flexibility index (Phi) is 8.20. The highest BCUT2D eigenvalue weighted by molar-refractivity contribution is 6.08. The predicted molar refractivity (Wildman–Crippen MR) is 131 cm³/mol. The van der Waals surface area contributed by atoms with Crippen LogP contribution in [0.4, 0.5) is 0 Å². The molecule has 1 N–H and O–H groups in total. The van der Waals surface area contributed by atoms with Crippen molar-refractivity contribution in [1.82, 2.24) is 9.80 Å². The van der Waals surface area contributed by atoms with E-state index >= 15 is 0 Å². The van der Waals surface area contributed by atoms with Crippen LogP contribution in [0.5, 0.6) is 5.75 Å². The van der Waals surface area contributed by atoms with Crippen molar-refractivity contribution in [2.45, 2.75) is 33.1 Å². The van der Waals surface area contributed by atoms with Crippen LogP contribution >= 0.6 is 0 Å². The third-order valence-corrected chi connectivity index (χ3v) is 5.49. The van der Waals surface area contributed by atoms with E-state index in [-0.39, 0.29) is 11.7 Å². The van der Waals surface area contributed by atoms with E-state index in [0.29, 0.717) is 44.0 Å². The van der Waals surface area contributed by atoms with Crippen LogP contribution in [0.2, 0.25) is 0 Å². The Hall–Kier alpha value is -3.41. The fraction of sp³-hybridized carbons (Fsp3) is 0.346. The molecular formula is C26H32N4O2. The number of carbonyl (C=O) groups excluding carboxylic acids is 1. The number of amides is 1. The van der Waals surface area contributed by atoms with Gasteiger partial charge in [0.2, 0.25) is 5.91 Å². The van der Waals surface area contributed by atoms with Gasteiger partial charge in [-0.15, -0.1) is 6.58 Å². The van der Waals surface area contributed by atoms with Crippen molar-refractivity contribution in [3.8, 4) is 5.75 Å². The van der Waals surface area contributed by atoms with Crippen LogP contribution in [0.25, 0.3) is 0 Å². The molecule has 0 radical (unpaired) electrons. The molecule has 168 valence electrons. The zero-order valence-corrected chi connectivity index (χ0v) is 19.0. The average Bonchev–Trinajstić information content (AvgIpc) is 3.01. The van der Waals surface area contributed by atoms with Crippen molar-refractivity contribution >= 4 is 17.6 Å². The zero-order chi connectivity index (χ0) is 22.9. The molecule has 0 aromatic heterocycles. The Morgan fingerprint density at radius 2 is 1.91 bits per heavy atom. The molecule has 1 fully saturated rings. The van der Waals surface area contributed by atoms with Crippen LogP contribution in [0, 0.1) is 0 Å². The Morgan fingerprint density at radius 1 is 1.19 bits per heavy atom. The predicted octanol–water partition coefficient (Wildman–Crippen LogP) is 4.46. The number of amidine groups is 2. The number of aromatic hydroxyl groups is 1. The summed E-state index contributed by atoms with van der Waals surface area (Å²) in [5.74, 6) is 1.64. The number of piperazine rings is 1. The Labute approximate surface area is 190 Å². The van der Waals surface area contributed by atoms with Crippen LogP contribution in [0.15, 0.2) is 82.5 Å². The van der Waals surface area contributed by atoms with Gasteiger partial charge in [0.25, 0.3) is 0 Å². The molecule has 32 heavy (non-hydrogen) atoms. The number of benzene rings is 1. The molecule has 0 unspecified atom stereocenters. The Morgan fingerprint density at radius 3 is 2.59 bits per heavy atom. The van der Waals surface area contributed by atoms with E-state index in [2.05, 4.69) is 37.5 Å². The standard InChI is InChI=1S/C26H32N4O2/c1-4-10-25(32)30-17-15-29(16-18-30)24(5-2)28-26(22-13-8-9-14-23(22)31)27-21-12-7-6-11-20(3)19-21/h4,7-9,11-14,19,31H,1,5-6,10,15-18H2,2-3H3. The quantitative estimate of drug-likeness (QED) is 0.424. The molecule has 1 aromatic rings. The molecule has 1 amide bonds. The summed E-state index contributed by atoms with van der Waals surface area (Å²) in [6.45, 7) is 10.5. The SMILES string of the molecule is C=CCC(=O)N1CCN(C(CC)=NC(=NC2=CC(C)=CCC=C2)c2ccccc2O)CC1. The number of rotatable bonds is 5. The second-order valence-electron chi connectivity index (χ2n) is 7.85. The van der Waals surface area contributed by atoms with Crippen molar-refractivity contribution in [2.75, 3.05) is 26.2 Å². The highest BCUT2D eigenvalue weighted by Crippen LogP contribution is 2.21. The molecule has 3 rings (SSSR count). The summed E-state index contributed by atoms with van der Waals surface area (Å²) in [6.07, 6.45) is 11.8. The van der Waals surface area contributed by atoms with E-state index in [1.54, 1.807) is 18.2 Å². The fourth-order valence-electron chi connectivity index (χ4n) is 3.75. The summed E-state index contributed by atoms with van der Waals surface area (Å²) in [5.41, 5.74) is 2.54. The number of aliphatic imine (C=N–C) groups is 2. The summed E-state index contributed by atoms with van der Waals surface area (Å²) in [4.78, 5) is 26.0. The van der Waals surface area contributed by atoms with Crippen molar-refractivity contribution in [1.29, 1.82) is 0 Å². The number of phenols is 1.